The van der Waals surface area contributed by atoms with Gasteiger partial charge < -0.3 is 15.1 Å². The first-order chi connectivity index (χ1) is 13.5. The van der Waals surface area contributed by atoms with E-state index < -0.39 is 0 Å². The molecule has 0 fully saturated rings. The second-order valence-electron chi connectivity index (χ2n) is 6.71. The first-order valence-corrected chi connectivity index (χ1v) is 10.00. The Hall–Kier alpha value is -2.82. The van der Waals surface area contributed by atoms with E-state index in [2.05, 4.69) is 31.0 Å². The molecular formula is C23H31N3O2. The molecule has 0 atom stereocenters. The van der Waals surface area contributed by atoms with E-state index in [1.807, 2.05) is 48.5 Å². The molecule has 0 aliphatic carbocycles. The van der Waals surface area contributed by atoms with Crippen molar-refractivity contribution in [3.05, 3.63) is 54.1 Å². The molecule has 0 saturated carbocycles. The summed E-state index contributed by atoms with van der Waals surface area (Å²) in [6.45, 7) is 10.1. The van der Waals surface area contributed by atoms with Crippen molar-refractivity contribution < 1.29 is 9.59 Å². The monoisotopic (exact) mass is 381 g/mol. The van der Waals surface area contributed by atoms with Crippen molar-refractivity contribution >= 4 is 28.9 Å². The number of carbonyl (C=O) groups excluding carboxylic acids is 2. The summed E-state index contributed by atoms with van der Waals surface area (Å²) in [6.07, 6.45) is 1.21. The number of benzene rings is 2. The van der Waals surface area contributed by atoms with E-state index in [9.17, 15) is 9.59 Å². The van der Waals surface area contributed by atoms with Crippen molar-refractivity contribution in [3.8, 4) is 0 Å². The highest BCUT2D eigenvalue weighted by molar-refractivity contribution is 5.94. The lowest BCUT2D eigenvalue weighted by molar-refractivity contribution is -0.117. The second-order valence-corrected chi connectivity index (χ2v) is 6.71. The smallest absolute Gasteiger partial charge is 0.226 e. The summed E-state index contributed by atoms with van der Waals surface area (Å²) in [6, 6.07) is 15.8. The maximum absolute atomic E-state index is 12.3. The normalized spacial score (nSPS) is 10.4. The third kappa shape index (κ3) is 5.84. The molecule has 0 aliphatic heterocycles. The molecule has 1 N–H and O–H groups in total. The number of rotatable bonds is 9. The minimum absolute atomic E-state index is 0.0734. The van der Waals surface area contributed by atoms with Crippen LogP contribution in [-0.4, -0.2) is 31.4 Å². The van der Waals surface area contributed by atoms with Gasteiger partial charge in [0.1, 0.15) is 0 Å². The number of hydrogen-bond acceptors (Lipinski definition) is 3. The first-order valence-electron chi connectivity index (χ1n) is 10.00. The van der Waals surface area contributed by atoms with Gasteiger partial charge in [-0.2, -0.15) is 0 Å². The zero-order valence-corrected chi connectivity index (χ0v) is 17.4. The molecule has 2 aromatic rings. The van der Waals surface area contributed by atoms with Crippen LogP contribution in [0.15, 0.2) is 48.5 Å². The minimum atomic E-state index is -0.102. The molecule has 0 spiro atoms. The van der Waals surface area contributed by atoms with Gasteiger partial charge in [-0.05, 0) is 62.2 Å². The van der Waals surface area contributed by atoms with Gasteiger partial charge in [-0.25, -0.2) is 0 Å². The maximum atomic E-state index is 12.3. The van der Waals surface area contributed by atoms with Crippen LogP contribution >= 0.6 is 0 Å². The number of amides is 2. The number of anilines is 3. The van der Waals surface area contributed by atoms with Crippen LogP contribution in [0.1, 0.15) is 39.7 Å². The van der Waals surface area contributed by atoms with Crippen LogP contribution in [0.4, 0.5) is 17.1 Å². The van der Waals surface area contributed by atoms with E-state index in [-0.39, 0.29) is 18.2 Å². The van der Waals surface area contributed by atoms with Crippen molar-refractivity contribution in [1.82, 2.24) is 0 Å². The van der Waals surface area contributed by atoms with Crippen LogP contribution in [0.3, 0.4) is 0 Å². The highest BCUT2D eigenvalue weighted by Gasteiger charge is 2.14. The van der Waals surface area contributed by atoms with Gasteiger partial charge in [0.15, 0.2) is 0 Å². The SMILES string of the molecule is CCc1ccc(NC(=O)CCN(C(C)=O)c2ccc(N(CC)CC)cc2)cc1. The van der Waals surface area contributed by atoms with Crippen molar-refractivity contribution in [1.29, 1.82) is 0 Å². The molecule has 0 aromatic heterocycles. The van der Waals surface area contributed by atoms with E-state index in [1.165, 1.54) is 12.5 Å². The van der Waals surface area contributed by atoms with E-state index >= 15 is 0 Å². The quantitative estimate of drug-likeness (QED) is 0.697. The molecule has 0 unspecified atom stereocenters. The molecule has 150 valence electrons. The van der Waals surface area contributed by atoms with Gasteiger partial charge >= 0.3 is 0 Å². The van der Waals surface area contributed by atoms with Crippen LogP contribution < -0.4 is 15.1 Å². The van der Waals surface area contributed by atoms with E-state index in [4.69, 9.17) is 0 Å². The number of hydrogen-bond donors (Lipinski definition) is 1. The summed E-state index contributed by atoms with van der Waals surface area (Å²) in [4.78, 5) is 28.3. The molecule has 0 bridgehead atoms. The van der Waals surface area contributed by atoms with Gasteiger partial charge in [-0.15, -0.1) is 0 Å². The highest BCUT2D eigenvalue weighted by atomic mass is 16.2. The van der Waals surface area contributed by atoms with Crippen LogP contribution in [0, 0.1) is 0 Å². The third-order valence-corrected chi connectivity index (χ3v) is 4.88. The molecule has 28 heavy (non-hydrogen) atoms. The summed E-state index contributed by atoms with van der Waals surface area (Å²) < 4.78 is 0. The zero-order chi connectivity index (χ0) is 20.5. The fourth-order valence-corrected chi connectivity index (χ4v) is 3.16. The molecule has 0 radical (unpaired) electrons. The Morgan fingerprint density at radius 1 is 0.857 bits per heavy atom. The Kier molecular flexibility index (Phi) is 8.05. The van der Waals surface area contributed by atoms with Crippen LogP contribution in [0.2, 0.25) is 0 Å². The first kappa shape index (κ1) is 21.5. The molecule has 2 amide bonds. The second kappa shape index (κ2) is 10.5. The average molecular weight is 382 g/mol. The standard InChI is InChI=1S/C23H31N3O2/c1-5-19-8-10-20(11-9-19)24-23(28)16-17-26(18(4)27)22-14-12-21(13-15-22)25(6-2)7-3/h8-15H,5-7,16-17H2,1-4H3,(H,24,28). The Bertz CT molecular complexity index is 765. The molecule has 2 rings (SSSR count). The average Bonchev–Trinajstić information content (AvgIpc) is 2.70. The lowest BCUT2D eigenvalue weighted by Crippen LogP contribution is -2.32. The van der Waals surface area contributed by atoms with Gasteiger partial charge in [-0.3, -0.25) is 9.59 Å². The van der Waals surface area contributed by atoms with E-state index in [0.29, 0.717) is 6.54 Å². The molecule has 0 heterocycles. The van der Waals surface area contributed by atoms with Gasteiger partial charge in [0.05, 0.1) is 0 Å². The maximum Gasteiger partial charge on any atom is 0.226 e. The third-order valence-electron chi connectivity index (χ3n) is 4.88. The molecule has 0 aliphatic rings. The van der Waals surface area contributed by atoms with Crippen molar-refractivity contribution in [2.75, 3.05) is 34.8 Å². The van der Waals surface area contributed by atoms with Crippen LogP contribution in [0.25, 0.3) is 0 Å². The molecule has 0 saturated heterocycles. The summed E-state index contributed by atoms with van der Waals surface area (Å²) >= 11 is 0. The Morgan fingerprint density at radius 2 is 1.43 bits per heavy atom. The summed E-state index contributed by atoms with van der Waals surface area (Å²) in [5.74, 6) is -0.175. The molecular weight excluding hydrogens is 350 g/mol. The summed E-state index contributed by atoms with van der Waals surface area (Å²) in [5, 5.41) is 2.89. The van der Waals surface area contributed by atoms with Gasteiger partial charge in [0.25, 0.3) is 0 Å². The lowest BCUT2D eigenvalue weighted by Gasteiger charge is -2.24. The van der Waals surface area contributed by atoms with Gasteiger partial charge in [-0.1, -0.05) is 19.1 Å². The predicted octanol–water partition coefficient (Wildman–Crippen LogP) is 4.48. The number of nitrogens with one attached hydrogen (secondary N) is 1. The van der Waals surface area contributed by atoms with Gasteiger partial charge in [0.2, 0.25) is 11.8 Å². The number of aryl methyl sites for hydroxylation is 1. The predicted molar refractivity (Wildman–Crippen MR) is 117 cm³/mol. The van der Waals surface area contributed by atoms with Gasteiger partial charge in [0, 0.05) is 50.0 Å². The van der Waals surface area contributed by atoms with Crippen molar-refractivity contribution in [2.45, 2.75) is 40.5 Å². The van der Waals surface area contributed by atoms with Crippen molar-refractivity contribution in [3.63, 3.8) is 0 Å². The molecule has 5 heteroatoms. The fraction of sp³-hybridized carbons (Fsp3) is 0.391. The number of nitrogens with zero attached hydrogens (tertiary/aromatic N) is 2. The largest absolute Gasteiger partial charge is 0.372 e. The highest BCUT2D eigenvalue weighted by Crippen LogP contribution is 2.21. The Morgan fingerprint density at radius 3 is 1.93 bits per heavy atom. The van der Waals surface area contributed by atoms with Crippen molar-refractivity contribution in [2.24, 2.45) is 0 Å². The molecule has 2 aromatic carbocycles. The fourth-order valence-electron chi connectivity index (χ4n) is 3.16. The molecule has 5 nitrogen and oxygen atoms in total. The summed E-state index contributed by atoms with van der Waals surface area (Å²) in [7, 11) is 0. The summed E-state index contributed by atoms with van der Waals surface area (Å²) in [5.41, 5.74) is 3.95. The minimum Gasteiger partial charge on any atom is -0.372 e. The topological polar surface area (TPSA) is 52.7 Å². The lowest BCUT2D eigenvalue weighted by atomic mass is 10.1. The zero-order valence-electron chi connectivity index (χ0n) is 17.4. The van der Waals surface area contributed by atoms with E-state index in [0.717, 1.165) is 36.6 Å². The van der Waals surface area contributed by atoms with Crippen LogP contribution in [-0.2, 0) is 16.0 Å². The van der Waals surface area contributed by atoms with Crippen LogP contribution in [0.5, 0.6) is 0 Å². The van der Waals surface area contributed by atoms with E-state index in [1.54, 1.807) is 4.90 Å². The Balaban J connectivity index is 1.98. The number of carbonyl (C=O) groups is 2. The Labute approximate surface area is 168 Å².